The van der Waals surface area contributed by atoms with E-state index in [1.807, 2.05) is 6.92 Å². The third-order valence-corrected chi connectivity index (χ3v) is 6.25. The SMILES string of the molecule is Cc1ccc(S(=O)(=O)N(CC(=O)NC2CC2)Cc2ccc(Cl)cc2)cc1. The molecule has 2 aromatic rings. The monoisotopic (exact) mass is 392 g/mol. The minimum absolute atomic E-state index is 0.103. The Bertz CT molecular complexity index is 876. The lowest BCUT2D eigenvalue weighted by Crippen LogP contribution is -2.41. The molecule has 1 fully saturated rings. The van der Waals surface area contributed by atoms with E-state index in [0.29, 0.717) is 5.02 Å². The fraction of sp³-hybridized carbons (Fsp3) is 0.316. The lowest BCUT2D eigenvalue weighted by atomic mass is 10.2. The quantitative estimate of drug-likeness (QED) is 0.787. The van der Waals surface area contributed by atoms with Crippen LogP contribution in [0.15, 0.2) is 53.4 Å². The first-order valence-corrected chi connectivity index (χ1v) is 10.3. The molecule has 138 valence electrons. The molecule has 0 radical (unpaired) electrons. The van der Waals surface area contributed by atoms with E-state index in [0.717, 1.165) is 24.0 Å². The summed E-state index contributed by atoms with van der Waals surface area (Å²) in [5.74, 6) is -0.280. The number of amides is 1. The molecule has 26 heavy (non-hydrogen) atoms. The molecular formula is C19H21ClN2O3S. The van der Waals surface area contributed by atoms with Gasteiger partial charge in [-0.3, -0.25) is 4.79 Å². The largest absolute Gasteiger partial charge is 0.352 e. The summed E-state index contributed by atoms with van der Waals surface area (Å²) in [4.78, 5) is 12.4. The zero-order valence-electron chi connectivity index (χ0n) is 14.5. The Morgan fingerprint density at radius 2 is 1.73 bits per heavy atom. The van der Waals surface area contributed by atoms with Crippen molar-refractivity contribution >= 4 is 27.5 Å². The normalized spacial score (nSPS) is 14.4. The smallest absolute Gasteiger partial charge is 0.243 e. The number of halogens is 1. The first kappa shape index (κ1) is 18.9. The van der Waals surface area contributed by atoms with Crippen LogP contribution in [0.2, 0.25) is 5.02 Å². The van der Waals surface area contributed by atoms with E-state index < -0.39 is 10.0 Å². The van der Waals surface area contributed by atoms with Gasteiger partial charge < -0.3 is 5.32 Å². The number of benzene rings is 2. The van der Waals surface area contributed by atoms with Crippen LogP contribution < -0.4 is 5.32 Å². The topological polar surface area (TPSA) is 66.5 Å². The maximum Gasteiger partial charge on any atom is 0.243 e. The average molecular weight is 393 g/mol. The fourth-order valence-corrected chi connectivity index (χ4v) is 4.05. The molecule has 2 aromatic carbocycles. The first-order chi connectivity index (χ1) is 12.3. The van der Waals surface area contributed by atoms with Gasteiger partial charge in [-0.05, 0) is 49.6 Å². The first-order valence-electron chi connectivity index (χ1n) is 8.45. The van der Waals surface area contributed by atoms with Crippen LogP contribution in [0.1, 0.15) is 24.0 Å². The summed E-state index contributed by atoms with van der Waals surface area (Å²) in [7, 11) is -3.80. The summed E-state index contributed by atoms with van der Waals surface area (Å²) in [5, 5.41) is 3.42. The molecule has 0 bridgehead atoms. The van der Waals surface area contributed by atoms with Crippen LogP contribution in [0.5, 0.6) is 0 Å². The predicted octanol–water partition coefficient (Wildman–Crippen LogP) is 3.12. The van der Waals surface area contributed by atoms with E-state index in [-0.39, 0.29) is 29.9 Å². The molecule has 0 aromatic heterocycles. The molecule has 5 nitrogen and oxygen atoms in total. The lowest BCUT2D eigenvalue weighted by Gasteiger charge is -2.22. The number of carbonyl (C=O) groups is 1. The van der Waals surface area contributed by atoms with Gasteiger partial charge in [0.05, 0.1) is 11.4 Å². The van der Waals surface area contributed by atoms with Gasteiger partial charge in [-0.25, -0.2) is 8.42 Å². The molecule has 0 heterocycles. The third-order valence-electron chi connectivity index (χ3n) is 4.19. The molecule has 0 atom stereocenters. The minimum Gasteiger partial charge on any atom is -0.352 e. The molecule has 1 N–H and O–H groups in total. The molecule has 0 saturated heterocycles. The van der Waals surface area contributed by atoms with E-state index in [1.54, 1.807) is 48.5 Å². The predicted molar refractivity (Wildman–Crippen MR) is 101 cm³/mol. The van der Waals surface area contributed by atoms with Gasteiger partial charge in [-0.15, -0.1) is 0 Å². The maximum atomic E-state index is 13.1. The molecule has 0 aliphatic heterocycles. The second-order valence-corrected chi connectivity index (χ2v) is 8.93. The van der Waals surface area contributed by atoms with Gasteiger partial charge in [-0.1, -0.05) is 41.4 Å². The van der Waals surface area contributed by atoms with Crippen LogP contribution >= 0.6 is 11.6 Å². The van der Waals surface area contributed by atoms with Crippen molar-refractivity contribution in [2.24, 2.45) is 0 Å². The van der Waals surface area contributed by atoms with Crippen LogP contribution in [0.25, 0.3) is 0 Å². The summed E-state index contributed by atoms with van der Waals surface area (Å²) < 4.78 is 27.4. The van der Waals surface area contributed by atoms with Gasteiger partial charge in [-0.2, -0.15) is 4.31 Å². The van der Waals surface area contributed by atoms with E-state index in [1.165, 1.54) is 4.31 Å². The number of aryl methyl sites for hydroxylation is 1. The summed E-state index contributed by atoms with van der Waals surface area (Å²) in [6.07, 6.45) is 1.90. The maximum absolute atomic E-state index is 13.1. The average Bonchev–Trinajstić information content (AvgIpc) is 3.40. The van der Waals surface area contributed by atoms with Gasteiger partial charge in [0.2, 0.25) is 15.9 Å². The second-order valence-electron chi connectivity index (χ2n) is 6.55. The summed E-state index contributed by atoms with van der Waals surface area (Å²) in [5.41, 5.74) is 1.74. The molecule has 1 amide bonds. The van der Waals surface area contributed by atoms with Crippen molar-refractivity contribution < 1.29 is 13.2 Å². The van der Waals surface area contributed by atoms with Gasteiger partial charge >= 0.3 is 0 Å². The van der Waals surface area contributed by atoms with E-state index >= 15 is 0 Å². The van der Waals surface area contributed by atoms with Crippen molar-refractivity contribution in [3.63, 3.8) is 0 Å². The van der Waals surface area contributed by atoms with Crippen LogP contribution in [0, 0.1) is 6.92 Å². The van der Waals surface area contributed by atoms with Crippen molar-refractivity contribution in [1.29, 1.82) is 0 Å². The molecular weight excluding hydrogens is 372 g/mol. The molecule has 0 unspecified atom stereocenters. The van der Waals surface area contributed by atoms with Crippen LogP contribution in [-0.2, 0) is 21.4 Å². The third kappa shape index (κ3) is 4.84. The van der Waals surface area contributed by atoms with E-state index in [2.05, 4.69) is 5.32 Å². The Morgan fingerprint density at radius 3 is 2.31 bits per heavy atom. The molecule has 1 aliphatic rings. The number of carbonyl (C=O) groups excluding carboxylic acids is 1. The summed E-state index contributed by atoms with van der Waals surface area (Å²) >= 11 is 5.90. The van der Waals surface area contributed by atoms with E-state index in [9.17, 15) is 13.2 Å². The highest BCUT2D eigenvalue weighted by molar-refractivity contribution is 7.89. The number of hydrogen-bond donors (Lipinski definition) is 1. The Hall–Kier alpha value is -1.89. The number of nitrogens with one attached hydrogen (secondary N) is 1. The van der Waals surface area contributed by atoms with Crippen LogP contribution in [0.3, 0.4) is 0 Å². The fourth-order valence-electron chi connectivity index (χ4n) is 2.54. The summed E-state index contributed by atoms with van der Waals surface area (Å²) in [6, 6.07) is 13.8. The molecule has 0 spiro atoms. The van der Waals surface area contributed by atoms with Gasteiger partial charge in [0.25, 0.3) is 0 Å². The van der Waals surface area contributed by atoms with Crippen molar-refractivity contribution in [3.8, 4) is 0 Å². The van der Waals surface area contributed by atoms with Crippen molar-refractivity contribution in [1.82, 2.24) is 9.62 Å². The highest BCUT2D eigenvalue weighted by atomic mass is 35.5. The number of hydrogen-bond acceptors (Lipinski definition) is 3. The Balaban J connectivity index is 1.85. The number of sulfonamides is 1. The minimum atomic E-state index is -3.80. The van der Waals surface area contributed by atoms with Gasteiger partial charge in [0.1, 0.15) is 0 Å². The molecule has 7 heteroatoms. The molecule has 1 aliphatic carbocycles. The van der Waals surface area contributed by atoms with Gasteiger partial charge in [0.15, 0.2) is 0 Å². The lowest BCUT2D eigenvalue weighted by molar-refractivity contribution is -0.121. The zero-order chi connectivity index (χ0) is 18.7. The Labute approximate surface area is 159 Å². The number of rotatable bonds is 7. The Kier molecular flexibility index (Phi) is 5.65. The highest BCUT2D eigenvalue weighted by Gasteiger charge is 2.29. The standard InChI is InChI=1S/C19H21ClN2O3S/c1-14-2-10-18(11-3-14)26(24,25)22(13-19(23)21-17-8-9-17)12-15-4-6-16(20)7-5-15/h2-7,10-11,17H,8-9,12-13H2,1H3,(H,21,23). The van der Waals surface area contributed by atoms with Crippen molar-refractivity contribution in [3.05, 3.63) is 64.7 Å². The van der Waals surface area contributed by atoms with Crippen LogP contribution in [0.4, 0.5) is 0 Å². The van der Waals surface area contributed by atoms with Crippen molar-refractivity contribution in [2.75, 3.05) is 6.54 Å². The van der Waals surface area contributed by atoms with Gasteiger partial charge in [0, 0.05) is 17.6 Å². The Morgan fingerprint density at radius 1 is 1.12 bits per heavy atom. The highest BCUT2D eigenvalue weighted by Crippen LogP contribution is 2.21. The molecule has 3 rings (SSSR count). The van der Waals surface area contributed by atoms with Crippen LogP contribution in [-0.4, -0.2) is 31.2 Å². The van der Waals surface area contributed by atoms with E-state index in [4.69, 9.17) is 11.6 Å². The zero-order valence-corrected chi connectivity index (χ0v) is 16.1. The number of nitrogens with zero attached hydrogens (tertiary/aromatic N) is 1. The second kappa shape index (κ2) is 7.78. The van der Waals surface area contributed by atoms with Crippen molar-refractivity contribution in [2.45, 2.75) is 37.2 Å². The summed E-state index contributed by atoms with van der Waals surface area (Å²) in [6.45, 7) is 1.78. The molecule has 1 saturated carbocycles.